The number of rotatable bonds is 5. The second-order valence-corrected chi connectivity index (χ2v) is 10.8. The number of alkyl halides is 1. The van der Waals surface area contributed by atoms with Crippen molar-refractivity contribution >= 4 is 17.5 Å². The fraction of sp³-hybridized carbons (Fsp3) is 0.219. The summed E-state index contributed by atoms with van der Waals surface area (Å²) < 4.78 is 32.0. The number of hydrogen-bond acceptors (Lipinski definition) is 5. The van der Waals surface area contributed by atoms with Gasteiger partial charge >= 0.3 is 5.97 Å². The Hall–Kier alpha value is -4.99. The van der Waals surface area contributed by atoms with Crippen molar-refractivity contribution in [3.63, 3.8) is 0 Å². The van der Waals surface area contributed by atoms with E-state index in [2.05, 4.69) is 15.1 Å². The van der Waals surface area contributed by atoms with E-state index < -0.39 is 29.8 Å². The number of hydrogen-bond donors (Lipinski definition) is 1. The van der Waals surface area contributed by atoms with E-state index in [1.807, 2.05) is 19.1 Å². The normalized spacial score (nSPS) is 21.3. The van der Waals surface area contributed by atoms with E-state index in [4.69, 9.17) is 0 Å². The molecule has 1 amide bonds. The number of carbonyl (C=O) groups is 2. The summed E-state index contributed by atoms with van der Waals surface area (Å²) in [5.41, 5.74) is 3.88. The highest BCUT2D eigenvalue weighted by Crippen LogP contribution is 2.48. The molecule has 42 heavy (non-hydrogen) atoms. The predicted octanol–water partition coefficient (Wildman–Crippen LogP) is 6.01. The molecule has 10 heteroatoms. The molecule has 4 atom stereocenters. The van der Waals surface area contributed by atoms with Crippen LogP contribution in [0.2, 0.25) is 0 Å². The predicted molar refractivity (Wildman–Crippen MR) is 150 cm³/mol. The number of aliphatic carboxylic acids is 1. The Morgan fingerprint density at radius 1 is 0.976 bits per heavy atom. The van der Waals surface area contributed by atoms with Gasteiger partial charge in [0, 0.05) is 17.8 Å². The third kappa shape index (κ3) is 4.30. The molecule has 3 aromatic heterocycles. The summed E-state index contributed by atoms with van der Waals surface area (Å²) in [6.07, 6.45) is 0.779. The zero-order valence-electron chi connectivity index (χ0n) is 22.5. The van der Waals surface area contributed by atoms with E-state index in [1.54, 1.807) is 60.8 Å². The molecule has 2 aromatic carbocycles. The molecule has 4 heterocycles. The first-order valence-corrected chi connectivity index (χ1v) is 13.7. The summed E-state index contributed by atoms with van der Waals surface area (Å²) in [5.74, 6) is -2.54. The molecule has 5 aromatic rings. The summed E-state index contributed by atoms with van der Waals surface area (Å²) in [7, 11) is 0. The minimum Gasteiger partial charge on any atom is -0.481 e. The number of aromatic nitrogens is 4. The summed E-state index contributed by atoms with van der Waals surface area (Å²) in [6.45, 7) is 1.76. The van der Waals surface area contributed by atoms with Gasteiger partial charge < -0.3 is 10.0 Å². The Balaban J connectivity index is 1.30. The number of amides is 1. The summed E-state index contributed by atoms with van der Waals surface area (Å²) in [6, 6.07) is 20.0. The molecule has 1 unspecified atom stereocenters. The van der Waals surface area contributed by atoms with Crippen LogP contribution in [0.25, 0.3) is 28.3 Å². The zero-order valence-corrected chi connectivity index (χ0v) is 22.5. The SMILES string of the molecule is C[C@@H]1c2ccccc2C(F)CN1C(=O)c1cc(-c2ccccn2)n2nc(-c3ccc([C@H]4C[C@@H]4C(=O)O)cc3F)cc2n1. The average Bonchev–Trinajstić information content (AvgIpc) is 3.71. The highest BCUT2D eigenvalue weighted by Gasteiger charge is 2.44. The van der Waals surface area contributed by atoms with E-state index >= 15 is 8.78 Å². The van der Waals surface area contributed by atoms with Crippen LogP contribution in [0.4, 0.5) is 8.78 Å². The molecular weight excluding hydrogens is 540 g/mol. The van der Waals surface area contributed by atoms with E-state index in [1.165, 1.54) is 15.5 Å². The van der Waals surface area contributed by atoms with Crippen molar-refractivity contribution in [3.8, 4) is 22.6 Å². The van der Waals surface area contributed by atoms with Gasteiger partial charge in [-0.2, -0.15) is 5.10 Å². The van der Waals surface area contributed by atoms with Crippen molar-refractivity contribution in [1.82, 2.24) is 24.5 Å². The van der Waals surface area contributed by atoms with Gasteiger partial charge in [0.2, 0.25) is 0 Å². The van der Waals surface area contributed by atoms with Crippen molar-refractivity contribution in [3.05, 3.63) is 107 Å². The van der Waals surface area contributed by atoms with Gasteiger partial charge in [0.15, 0.2) is 5.65 Å². The maximum atomic E-state index is 15.3. The molecule has 7 rings (SSSR count). The molecular formula is C32H25F2N5O3. The number of pyridine rings is 1. The number of benzene rings is 2. The summed E-state index contributed by atoms with van der Waals surface area (Å²) in [4.78, 5) is 35.6. The maximum absolute atomic E-state index is 15.3. The van der Waals surface area contributed by atoms with Gasteiger partial charge in [-0.3, -0.25) is 14.6 Å². The Kier molecular flexibility index (Phi) is 6.07. The van der Waals surface area contributed by atoms with Crippen LogP contribution >= 0.6 is 0 Å². The van der Waals surface area contributed by atoms with Crippen LogP contribution in [0.5, 0.6) is 0 Å². The Labute approximate surface area is 239 Å². The largest absolute Gasteiger partial charge is 0.481 e. The number of carbonyl (C=O) groups excluding carboxylic acids is 1. The number of carboxylic acid groups (broad SMARTS) is 1. The second-order valence-electron chi connectivity index (χ2n) is 10.8. The van der Waals surface area contributed by atoms with Crippen molar-refractivity contribution < 1.29 is 23.5 Å². The molecule has 0 radical (unpaired) electrons. The molecule has 0 saturated heterocycles. The molecule has 1 saturated carbocycles. The van der Waals surface area contributed by atoms with Crippen LogP contribution < -0.4 is 0 Å². The van der Waals surface area contributed by atoms with Crippen LogP contribution in [0, 0.1) is 11.7 Å². The van der Waals surface area contributed by atoms with Gasteiger partial charge in [0.25, 0.3) is 5.91 Å². The molecule has 1 N–H and O–H groups in total. The molecule has 2 aliphatic rings. The Morgan fingerprint density at radius 3 is 2.48 bits per heavy atom. The van der Waals surface area contributed by atoms with Crippen molar-refractivity contribution in [2.75, 3.05) is 6.54 Å². The first kappa shape index (κ1) is 25.9. The van der Waals surface area contributed by atoms with Gasteiger partial charge in [-0.1, -0.05) is 36.4 Å². The van der Waals surface area contributed by atoms with Gasteiger partial charge in [0.1, 0.15) is 17.7 Å². The molecule has 1 aliphatic heterocycles. The molecule has 210 valence electrons. The first-order chi connectivity index (χ1) is 20.3. The van der Waals surface area contributed by atoms with Gasteiger partial charge in [-0.15, -0.1) is 0 Å². The summed E-state index contributed by atoms with van der Waals surface area (Å²) >= 11 is 0. The van der Waals surface area contributed by atoms with Gasteiger partial charge in [-0.25, -0.2) is 18.3 Å². The minimum atomic E-state index is -1.32. The quantitative estimate of drug-likeness (QED) is 0.280. The third-order valence-corrected chi connectivity index (χ3v) is 8.25. The van der Waals surface area contributed by atoms with Crippen molar-refractivity contribution in [1.29, 1.82) is 0 Å². The van der Waals surface area contributed by atoms with Crippen LogP contribution in [0.15, 0.2) is 79.0 Å². The zero-order chi connectivity index (χ0) is 29.1. The molecule has 8 nitrogen and oxygen atoms in total. The highest BCUT2D eigenvalue weighted by molar-refractivity contribution is 5.94. The Bertz CT molecular complexity index is 1880. The van der Waals surface area contributed by atoms with Crippen molar-refractivity contribution in [2.24, 2.45) is 5.92 Å². The smallest absolute Gasteiger partial charge is 0.307 e. The van der Waals surface area contributed by atoms with Crippen LogP contribution in [-0.2, 0) is 4.79 Å². The summed E-state index contributed by atoms with van der Waals surface area (Å²) in [5, 5.41) is 13.9. The average molecular weight is 566 g/mol. The minimum absolute atomic E-state index is 0.0947. The van der Waals surface area contributed by atoms with E-state index in [-0.39, 0.29) is 29.8 Å². The molecule has 1 aliphatic carbocycles. The highest BCUT2D eigenvalue weighted by atomic mass is 19.1. The lowest BCUT2D eigenvalue weighted by molar-refractivity contribution is -0.138. The van der Waals surface area contributed by atoms with Crippen LogP contribution in [-0.4, -0.2) is 48.0 Å². The molecule has 0 bridgehead atoms. The fourth-order valence-electron chi connectivity index (χ4n) is 5.90. The van der Waals surface area contributed by atoms with E-state index in [9.17, 15) is 14.7 Å². The number of nitrogens with zero attached hydrogens (tertiary/aromatic N) is 5. The lowest BCUT2D eigenvalue weighted by Crippen LogP contribution is -2.40. The lowest BCUT2D eigenvalue weighted by atomic mass is 9.92. The second kappa shape index (κ2) is 9.83. The van der Waals surface area contributed by atoms with Crippen molar-refractivity contribution in [2.45, 2.75) is 31.5 Å². The lowest BCUT2D eigenvalue weighted by Gasteiger charge is -2.36. The maximum Gasteiger partial charge on any atom is 0.307 e. The topological polar surface area (TPSA) is 101 Å². The first-order valence-electron chi connectivity index (χ1n) is 13.7. The van der Waals surface area contributed by atoms with Gasteiger partial charge in [0.05, 0.1) is 35.6 Å². The number of carboxylic acids is 1. The van der Waals surface area contributed by atoms with E-state index in [0.717, 1.165) is 5.56 Å². The Morgan fingerprint density at radius 2 is 1.76 bits per heavy atom. The third-order valence-electron chi connectivity index (χ3n) is 8.25. The molecule has 1 fully saturated rings. The van der Waals surface area contributed by atoms with Crippen LogP contribution in [0.1, 0.15) is 58.7 Å². The molecule has 0 spiro atoms. The van der Waals surface area contributed by atoms with Crippen LogP contribution in [0.3, 0.4) is 0 Å². The standard InChI is InChI=1S/C32H25F2N5O3/c1-17-19-6-2-3-7-20(19)25(34)16-38(17)31(40)28-14-29(26-8-4-5-11-35-26)39-30(36-28)15-27(37-39)21-10-9-18(12-24(21)33)22-13-23(22)32(41)42/h2-12,14-15,17,22-23,25H,13,16H2,1H3,(H,41,42)/t17-,22-,23+,25?/m1/s1. The fourth-order valence-corrected chi connectivity index (χ4v) is 5.90. The van der Waals surface area contributed by atoms with Gasteiger partial charge in [-0.05, 0) is 66.3 Å². The monoisotopic (exact) mass is 565 g/mol. The van der Waals surface area contributed by atoms with E-state index in [0.29, 0.717) is 40.3 Å². The number of fused-ring (bicyclic) bond motifs is 2. The number of halogens is 2.